The molecule has 0 saturated heterocycles. The predicted octanol–water partition coefficient (Wildman–Crippen LogP) is 3.78. The van der Waals surface area contributed by atoms with Gasteiger partial charge in [-0.05, 0) is 42.3 Å². The number of rotatable bonds is 6. The highest BCUT2D eigenvalue weighted by Crippen LogP contribution is 2.50. The Morgan fingerprint density at radius 2 is 2.30 bits per heavy atom. The van der Waals surface area contributed by atoms with Gasteiger partial charge in [-0.1, -0.05) is 19.4 Å². The zero-order valence-corrected chi connectivity index (χ0v) is 12.5. The fraction of sp³-hybridized carbons (Fsp3) is 0.467. The maximum absolute atomic E-state index is 6.02. The molecule has 0 bridgehead atoms. The monoisotopic (exact) mass is 288 g/mol. The molecule has 0 aliphatic heterocycles. The third-order valence-electron chi connectivity index (χ3n) is 4.03. The molecule has 106 valence electrons. The summed E-state index contributed by atoms with van der Waals surface area (Å²) >= 11 is 1.44. The summed E-state index contributed by atoms with van der Waals surface area (Å²) < 4.78 is 4.29. The molecule has 5 heteroatoms. The van der Waals surface area contributed by atoms with E-state index >= 15 is 0 Å². The van der Waals surface area contributed by atoms with Crippen LogP contribution >= 0.6 is 11.5 Å². The van der Waals surface area contributed by atoms with E-state index in [2.05, 4.69) is 21.6 Å². The van der Waals surface area contributed by atoms with Crippen LogP contribution in [-0.2, 0) is 0 Å². The smallest absolute Gasteiger partial charge is 0.147 e. The van der Waals surface area contributed by atoms with Gasteiger partial charge in [0.15, 0.2) is 0 Å². The van der Waals surface area contributed by atoms with Crippen molar-refractivity contribution in [3.63, 3.8) is 0 Å². The Hall–Kier alpha value is -1.62. The maximum Gasteiger partial charge on any atom is 0.147 e. The Morgan fingerprint density at radius 1 is 1.45 bits per heavy atom. The van der Waals surface area contributed by atoms with Crippen LogP contribution in [0.3, 0.4) is 0 Å². The molecule has 3 N–H and O–H groups in total. The standard InChI is InChI=1S/C15H20N4S/c1-2-5-15(6-7-15)10-18-14-12(13(16)19-20-14)11-4-3-8-17-9-11/h3-4,8-9,18H,2,5-7,10H2,1H3,(H2,16,19). The Balaban J connectivity index is 1.78. The van der Waals surface area contributed by atoms with Crippen LogP contribution in [0.5, 0.6) is 0 Å². The minimum absolute atomic E-state index is 0.514. The highest BCUT2D eigenvalue weighted by molar-refractivity contribution is 7.11. The number of nitrogens with zero attached hydrogens (tertiary/aromatic N) is 2. The molecule has 0 atom stereocenters. The fourth-order valence-corrected chi connectivity index (χ4v) is 3.43. The van der Waals surface area contributed by atoms with Crippen molar-refractivity contribution in [1.29, 1.82) is 0 Å². The van der Waals surface area contributed by atoms with Crippen LogP contribution in [-0.4, -0.2) is 15.9 Å². The topological polar surface area (TPSA) is 63.8 Å². The number of nitrogens with two attached hydrogens (primary N) is 1. The largest absolute Gasteiger partial charge is 0.382 e. The quantitative estimate of drug-likeness (QED) is 0.849. The molecule has 0 amide bonds. The molecule has 1 saturated carbocycles. The number of hydrogen-bond donors (Lipinski definition) is 2. The Kier molecular flexibility index (Phi) is 3.61. The van der Waals surface area contributed by atoms with Gasteiger partial charge in [0, 0.05) is 24.5 Å². The van der Waals surface area contributed by atoms with Gasteiger partial charge in [0.1, 0.15) is 10.8 Å². The van der Waals surface area contributed by atoms with Gasteiger partial charge in [-0.2, -0.15) is 4.37 Å². The first kappa shape index (κ1) is 13.4. The molecule has 0 radical (unpaired) electrons. The molecule has 3 rings (SSSR count). The van der Waals surface area contributed by atoms with Crippen LogP contribution in [0.1, 0.15) is 32.6 Å². The molecule has 0 spiro atoms. The van der Waals surface area contributed by atoms with Crippen LogP contribution in [0.4, 0.5) is 10.8 Å². The van der Waals surface area contributed by atoms with Crippen molar-refractivity contribution in [3.8, 4) is 11.1 Å². The van der Waals surface area contributed by atoms with Crippen LogP contribution in [0.2, 0.25) is 0 Å². The normalized spacial score (nSPS) is 16.1. The first-order chi connectivity index (χ1) is 9.74. The summed E-state index contributed by atoms with van der Waals surface area (Å²) in [6, 6.07) is 3.95. The summed E-state index contributed by atoms with van der Waals surface area (Å²) in [4.78, 5) is 4.17. The molecule has 1 fully saturated rings. The number of anilines is 2. The minimum atomic E-state index is 0.514. The Labute approximate surface area is 123 Å². The predicted molar refractivity (Wildman–Crippen MR) is 84.8 cm³/mol. The lowest BCUT2D eigenvalue weighted by Crippen LogP contribution is -2.14. The third-order valence-corrected chi connectivity index (χ3v) is 4.85. The summed E-state index contributed by atoms with van der Waals surface area (Å²) in [5.74, 6) is 0.589. The summed E-state index contributed by atoms with van der Waals surface area (Å²) in [5.41, 5.74) is 8.56. The molecule has 2 heterocycles. The van der Waals surface area contributed by atoms with Crippen molar-refractivity contribution in [2.75, 3.05) is 17.6 Å². The zero-order valence-electron chi connectivity index (χ0n) is 11.7. The second-order valence-corrected chi connectivity index (χ2v) is 6.39. The van der Waals surface area contributed by atoms with E-state index in [1.165, 1.54) is 37.2 Å². The molecule has 1 aliphatic rings. The number of pyridine rings is 1. The number of nitrogens with one attached hydrogen (secondary N) is 1. The van der Waals surface area contributed by atoms with Crippen LogP contribution in [0, 0.1) is 5.41 Å². The van der Waals surface area contributed by atoms with Gasteiger partial charge in [0.2, 0.25) is 0 Å². The van der Waals surface area contributed by atoms with E-state index in [9.17, 15) is 0 Å². The van der Waals surface area contributed by atoms with Gasteiger partial charge < -0.3 is 11.1 Å². The van der Waals surface area contributed by atoms with E-state index in [1.54, 1.807) is 6.20 Å². The Bertz CT molecular complexity index is 575. The molecule has 0 unspecified atom stereocenters. The van der Waals surface area contributed by atoms with E-state index in [1.807, 2.05) is 18.3 Å². The molecular weight excluding hydrogens is 268 g/mol. The van der Waals surface area contributed by atoms with Gasteiger partial charge in [-0.3, -0.25) is 4.98 Å². The maximum atomic E-state index is 6.02. The second-order valence-electron chi connectivity index (χ2n) is 5.62. The molecule has 2 aromatic heterocycles. The van der Waals surface area contributed by atoms with Gasteiger partial charge >= 0.3 is 0 Å². The molecule has 0 aromatic carbocycles. The average Bonchev–Trinajstić information content (AvgIpc) is 3.13. The van der Waals surface area contributed by atoms with Crippen molar-refractivity contribution in [2.24, 2.45) is 5.41 Å². The molecular formula is C15H20N4S. The molecule has 20 heavy (non-hydrogen) atoms. The average molecular weight is 288 g/mol. The van der Waals surface area contributed by atoms with E-state index in [-0.39, 0.29) is 0 Å². The van der Waals surface area contributed by atoms with Crippen molar-refractivity contribution in [1.82, 2.24) is 9.36 Å². The second kappa shape index (κ2) is 5.40. The van der Waals surface area contributed by atoms with Gasteiger partial charge in [-0.25, -0.2) is 0 Å². The number of aromatic nitrogens is 2. The van der Waals surface area contributed by atoms with E-state index < -0.39 is 0 Å². The Morgan fingerprint density at radius 3 is 2.95 bits per heavy atom. The van der Waals surface area contributed by atoms with E-state index in [0.717, 1.165) is 22.7 Å². The number of hydrogen-bond acceptors (Lipinski definition) is 5. The van der Waals surface area contributed by atoms with Gasteiger partial charge in [-0.15, -0.1) is 0 Å². The highest BCUT2D eigenvalue weighted by Gasteiger charge is 2.41. The number of nitrogen functional groups attached to an aromatic ring is 1. The van der Waals surface area contributed by atoms with Crippen LogP contribution in [0.25, 0.3) is 11.1 Å². The summed E-state index contributed by atoms with van der Waals surface area (Å²) in [6.07, 6.45) is 8.84. The molecule has 2 aromatic rings. The molecule has 4 nitrogen and oxygen atoms in total. The first-order valence-corrected chi connectivity index (χ1v) is 7.91. The fourth-order valence-electron chi connectivity index (χ4n) is 2.70. The third kappa shape index (κ3) is 2.63. The van der Waals surface area contributed by atoms with Crippen LogP contribution in [0.15, 0.2) is 24.5 Å². The lowest BCUT2D eigenvalue weighted by Gasteiger charge is -2.15. The van der Waals surface area contributed by atoms with Crippen molar-refractivity contribution < 1.29 is 0 Å². The van der Waals surface area contributed by atoms with Gasteiger partial charge in [0.05, 0.1) is 5.56 Å². The van der Waals surface area contributed by atoms with Crippen molar-refractivity contribution in [2.45, 2.75) is 32.6 Å². The summed E-state index contributed by atoms with van der Waals surface area (Å²) in [6.45, 7) is 3.28. The molecule has 1 aliphatic carbocycles. The van der Waals surface area contributed by atoms with Crippen LogP contribution < -0.4 is 11.1 Å². The minimum Gasteiger partial charge on any atom is -0.382 e. The zero-order chi connectivity index (χ0) is 14.0. The van der Waals surface area contributed by atoms with Gasteiger partial charge in [0.25, 0.3) is 0 Å². The first-order valence-electron chi connectivity index (χ1n) is 7.13. The van der Waals surface area contributed by atoms with Crippen molar-refractivity contribution in [3.05, 3.63) is 24.5 Å². The summed E-state index contributed by atoms with van der Waals surface area (Å²) in [7, 11) is 0. The summed E-state index contributed by atoms with van der Waals surface area (Å²) in [5, 5.41) is 4.64. The van der Waals surface area contributed by atoms with E-state index in [4.69, 9.17) is 5.73 Å². The van der Waals surface area contributed by atoms with E-state index in [0.29, 0.717) is 11.2 Å². The lowest BCUT2D eigenvalue weighted by atomic mass is 10.0. The van der Waals surface area contributed by atoms with Crippen molar-refractivity contribution >= 4 is 22.4 Å². The SMILES string of the molecule is CCCC1(CNc2snc(N)c2-c2cccnc2)CC1. The lowest BCUT2D eigenvalue weighted by molar-refractivity contribution is 0.486. The highest BCUT2D eigenvalue weighted by atomic mass is 32.1.